The van der Waals surface area contributed by atoms with Gasteiger partial charge in [-0.05, 0) is 42.7 Å². The van der Waals surface area contributed by atoms with Gasteiger partial charge >= 0.3 is 0 Å². The average molecular weight is 296 g/mol. The van der Waals surface area contributed by atoms with Gasteiger partial charge in [-0.2, -0.15) is 0 Å². The van der Waals surface area contributed by atoms with Crippen molar-refractivity contribution in [2.45, 2.75) is 12.8 Å². The first-order valence-corrected chi connectivity index (χ1v) is 7.59. The van der Waals surface area contributed by atoms with E-state index in [1.807, 2.05) is 47.4 Å². The predicted molar refractivity (Wildman–Crippen MR) is 87.0 cm³/mol. The summed E-state index contributed by atoms with van der Waals surface area (Å²) in [6, 6.07) is 15.3. The Morgan fingerprint density at radius 2 is 1.95 bits per heavy atom. The SMILES string of the molecule is Nc1ccc2c(c1)C(=O)N(CCCOc1ccccc1)CC2. The molecule has 0 atom stereocenters. The molecule has 0 radical (unpaired) electrons. The Labute approximate surface area is 130 Å². The highest BCUT2D eigenvalue weighted by Crippen LogP contribution is 2.21. The first kappa shape index (κ1) is 14.4. The number of hydrogen-bond acceptors (Lipinski definition) is 3. The number of carbonyl (C=O) groups excluding carboxylic acids is 1. The Morgan fingerprint density at radius 3 is 2.77 bits per heavy atom. The number of para-hydroxylation sites is 1. The molecule has 0 saturated carbocycles. The normalized spacial score (nSPS) is 13.8. The second-order valence-electron chi connectivity index (χ2n) is 5.47. The van der Waals surface area contributed by atoms with Crippen LogP contribution in [0.1, 0.15) is 22.3 Å². The van der Waals surface area contributed by atoms with Gasteiger partial charge in [0.25, 0.3) is 5.91 Å². The maximum absolute atomic E-state index is 12.5. The Hall–Kier alpha value is -2.49. The average Bonchev–Trinajstić information content (AvgIpc) is 2.55. The Kier molecular flexibility index (Phi) is 4.28. The lowest BCUT2D eigenvalue weighted by molar-refractivity contribution is 0.0731. The fraction of sp³-hybridized carbons (Fsp3) is 0.278. The van der Waals surface area contributed by atoms with Gasteiger partial charge in [0.2, 0.25) is 0 Å². The van der Waals surface area contributed by atoms with E-state index in [9.17, 15) is 4.79 Å². The van der Waals surface area contributed by atoms with Crippen molar-refractivity contribution >= 4 is 11.6 Å². The van der Waals surface area contributed by atoms with E-state index in [4.69, 9.17) is 10.5 Å². The summed E-state index contributed by atoms with van der Waals surface area (Å²) in [6.45, 7) is 2.08. The van der Waals surface area contributed by atoms with Crippen LogP contribution in [0.15, 0.2) is 48.5 Å². The van der Waals surface area contributed by atoms with Crippen molar-refractivity contribution in [1.29, 1.82) is 0 Å². The zero-order valence-corrected chi connectivity index (χ0v) is 12.5. The lowest BCUT2D eigenvalue weighted by atomic mass is 9.98. The van der Waals surface area contributed by atoms with Gasteiger partial charge in [0.1, 0.15) is 5.75 Å². The van der Waals surface area contributed by atoms with Gasteiger partial charge in [-0.15, -0.1) is 0 Å². The van der Waals surface area contributed by atoms with Crippen LogP contribution in [0.25, 0.3) is 0 Å². The second kappa shape index (κ2) is 6.52. The topological polar surface area (TPSA) is 55.6 Å². The summed E-state index contributed by atoms with van der Waals surface area (Å²) in [5, 5.41) is 0. The van der Waals surface area contributed by atoms with Crippen molar-refractivity contribution in [2.24, 2.45) is 0 Å². The number of carbonyl (C=O) groups is 1. The number of rotatable bonds is 5. The molecule has 2 aromatic carbocycles. The molecular formula is C18H20N2O2. The van der Waals surface area contributed by atoms with Gasteiger partial charge in [0.15, 0.2) is 0 Å². The summed E-state index contributed by atoms with van der Waals surface area (Å²) < 4.78 is 5.66. The molecular weight excluding hydrogens is 276 g/mol. The summed E-state index contributed by atoms with van der Waals surface area (Å²) in [5.74, 6) is 0.943. The molecule has 2 N–H and O–H groups in total. The maximum Gasteiger partial charge on any atom is 0.254 e. The molecule has 4 nitrogen and oxygen atoms in total. The van der Waals surface area contributed by atoms with E-state index in [-0.39, 0.29) is 5.91 Å². The van der Waals surface area contributed by atoms with Crippen molar-refractivity contribution in [1.82, 2.24) is 4.90 Å². The molecule has 1 heterocycles. The van der Waals surface area contributed by atoms with Crippen molar-refractivity contribution in [2.75, 3.05) is 25.4 Å². The largest absolute Gasteiger partial charge is 0.494 e. The minimum atomic E-state index is 0.0771. The number of benzene rings is 2. The number of fused-ring (bicyclic) bond motifs is 1. The number of nitrogen functional groups attached to an aromatic ring is 1. The molecule has 0 saturated heterocycles. The van der Waals surface area contributed by atoms with Crippen LogP contribution in [-0.2, 0) is 6.42 Å². The molecule has 1 aliphatic rings. The van der Waals surface area contributed by atoms with Gasteiger partial charge in [0.05, 0.1) is 6.61 Å². The zero-order valence-electron chi connectivity index (χ0n) is 12.5. The summed E-state index contributed by atoms with van der Waals surface area (Å²) in [5.41, 5.74) is 8.26. The van der Waals surface area contributed by atoms with Crippen LogP contribution >= 0.6 is 0 Å². The van der Waals surface area contributed by atoms with Crippen LogP contribution < -0.4 is 10.5 Å². The van der Waals surface area contributed by atoms with E-state index in [0.29, 0.717) is 18.8 Å². The second-order valence-corrected chi connectivity index (χ2v) is 5.47. The van der Waals surface area contributed by atoms with Crippen LogP contribution in [0.2, 0.25) is 0 Å². The standard InChI is InChI=1S/C18H20N2O2/c19-15-8-7-14-9-11-20(18(21)17(14)13-15)10-4-12-22-16-5-2-1-3-6-16/h1-3,5-8,13H,4,9-12,19H2. The van der Waals surface area contributed by atoms with E-state index in [0.717, 1.165) is 36.3 Å². The lowest BCUT2D eigenvalue weighted by Crippen LogP contribution is -2.38. The molecule has 3 rings (SSSR count). The highest BCUT2D eigenvalue weighted by atomic mass is 16.5. The summed E-state index contributed by atoms with van der Waals surface area (Å²) in [6.07, 6.45) is 1.71. The predicted octanol–water partition coefficient (Wildman–Crippen LogP) is 2.74. The van der Waals surface area contributed by atoms with E-state index >= 15 is 0 Å². The molecule has 0 fully saturated rings. The minimum absolute atomic E-state index is 0.0771. The Morgan fingerprint density at radius 1 is 1.14 bits per heavy atom. The molecule has 0 spiro atoms. The Bertz CT molecular complexity index is 655. The molecule has 1 aliphatic heterocycles. The third-order valence-corrected chi connectivity index (χ3v) is 3.89. The molecule has 0 aromatic heterocycles. The first-order chi connectivity index (χ1) is 10.7. The molecule has 0 unspecified atom stereocenters. The van der Waals surface area contributed by atoms with E-state index in [1.165, 1.54) is 0 Å². The number of nitrogens with two attached hydrogens (primary N) is 1. The number of ether oxygens (including phenoxy) is 1. The van der Waals surface area contributed by atoms with Crippen molar-refractivity contribution in [3.8, 4) is 5.75 Å². The number of amides is 1. The van der Waals surface area contributed by atoms with Gasteiger partial charge in [0, 0.05) is 24.3 Å². The van der Waals surface area contributed by atoms with Gasteiger partial charge < -0.3 is 15.4 Å². The van der Waals surface area contributed by atoms with Crippen LogP contribution in [-0.4, -0.2) is 30.5 Å². The molecule has 4 heteroatoms. The number of hydrogen-bond donors (Lipinski definition) is 1. The van der Waals surface area contributed by atoms with Crippen LogP contribution in [0.4, 0.5) is 5.69 Å². The quantitative estimate of drug-likeness (QED) is 0.682. The molecule has 0 aliphatic carbocycles. The fourth-order valence-corrected chi connectivity index (χ4v) is 2.71. The molecule has 2 aromatic rings. The van der Waals surface area contributed by atoms with Gasteiger partial charge in [-0.25, -0.2) is 0 Å². The third kappa shape index (κ3) is 3.22. The van der Waals surface area contributed by atoms with Gasteiger partial charge in [-0.3, -0.25) is 4.79 Å². The van der Waals surface area contributed by atoms with Crippen LogP contribution in [0.3, 0.4) is 0 Å². The van der Waals surface area contributed by atoms with Crippen LogP contribution in [0, 0.1) is 0 Å². The summed E-state index contributed by atoms with van der Waals surface area (Å²) in [7, 11) is 0. The van der Waals surface area contributed by atoms with E-state index in [2.05, 4.69) is 0 Å². The monoisotopic (exact) mass is 296 g/mol. The number of nitrogens with zero attached hydrogens (tertiary/aromatic N) is 1. The lowest BCUT2D eigenvalue weighted by Gasteiger charge is -2.28. The highest BCUT2D eigenvalue weighted by Gasteiger charge is 2.23. The van der Waals surface area contributed by atoms with Crippen molar-refractivity contribution < 1.29 is 9.53 Å². The zero-order chi connectivity index (χ0) is 15.4. The third-order valence-electron chi connectivity index (χ3n) is 3.89. The molecule has 1 amide bonds. The maximum atomic E-state index is 12.5. The first-order valence-electron chi connectivity index (χ1n) is 7.59. The number of anilines is 1. The summed E-state index contributed by atoms with van der Waals surface area (Å²) >= 11 is 0. The van der Waals surface area contributed by atoms with Crippen molar-refractivity contribution in [3.05, 3.63) is 59.7 Å². The van der Waals surface area contributed by atoms with E-state index < -0.39 is 0 Å². The fourth-order valence-electron chi connectivity index (χ4n) is 2.71. The minimum Gasteiger partial charge on any atom is -0.494 e. The summed E-state index contributed by atoms with van der Waals surface area (Å²) in [4.78, 5) is 14.3. The van der Waals surface area contributed by atoms with E-state index in [1.54, 1.807) is 6.07 Å². The van der Waals surface area contributed by atoms with Gasteiger partial charge in [-0.1, -0.05) is 24.3 Å². The Balaban J connectivity index is 1.53. The molecule has 22 heavy (non-hydrogen) atoms. The highest BCUT2D eigenvalue weighted by molar-refractivity contribution is 5.97. The molecule has 114 valence electrons. The smallest absolute Gasteiger partial charge is 0.254 e. The van der Waals surface area contributed by atoms with Crippen molar-refractivity contribution in [3.63, 3.8) is 0 Å². The molecule has 0 bridgehead atoms. The van der Waals surface area contributed by atoms with Crippen LogP contribution in [0.5, 0.6) is 5.75 Å².